The van der Waals surface area contributed by atoms with Gasteiger partial charge in [-0.25, -0.2) is 12.7 Å². The van der Waals surface area contributed by atoms with Gasteiger partial charge in [-0.1, -0.05) is 0 Å². The van der Waals surface area contributed by atoms with Gasteiger partial charge in [0.1, 0.15) is 0 Å². The van der Waals surface area contributed by atoms with E-state index in [-0.39, 0.29) is 18.8 Å². The predicted molar refractivity (Wildman–Crippen MR) is 93.5 cm³/mol. The van der Waals surface area contributed by atoms with Crippen LogP contribution in [0.5, 0.6) is 0 Å². The average molecular weight is 393 g/mol. The number of piperidine rings is 1. The molecule has 146 valence electrons. The Morgan fingerprint density at radius 1 is 1.23 bits per heavy atom. The van der Waals surface area contributed by atoms with E-state index in [9.17, 15) is 26.4 Å². The maximum atomic E-state index is 13.0. The number of hydrogen-bond acceptors (Lipinski definition) is 4. The number of nitrogens with zero attached hydrogens (tertiary/aromatic N) is 2. The number of nitrogens with one attached hydrogen (secondary N) is 1. The summed E-state index contributed by atoms with van der Waals surface area (Å²) in [5.41, 5.74) is -0.300. The molecule has 1 aliphatic rings. The Morgan fingerprint density at radius 2 is 1.81 bits per heavy atom. The van der Waals surface area contributed by atoms with Crippen LogP contribution < -0.4 is 10.2 Å². The quantitative estimate of drug-likeness (QED) is 0.853. The monoisotopic (exact) mass is 393 g/mol. The van der Waals surface area contributed by atoms with E-state index in [0.29, 0.717) is 18.5 Å². The highest BCUT2D eigenvalue weighted by atomic mass is 32.2. The molecular weight excluding hydrogens is 371 g/mol. The smallest absolute Gasteiger partial charge is 0.376 e. The van der Waals surface area contributed by atoms with Crippen molar-refractivity contribution in [2.75, 3.05) is 43.7 Å². The van der Waals surface area contributed by atoms with Gasteiger partial charge >= 0.3 is 6.18 Å². The molecule has 0 aromatic heterocycles. The Balaban J connectivity index is 2.16. The van der Waals surface area contributed by atoms with Gasteiger partial charge in [-0.3, -0.25) is 4.79 Å². The molecule has 0 aliphatic carbocycles. The highest BCUT2D eigenvalue weighted by Crippen LogP contribution is 2.35. The molecule has 26 heavy (non-hydrogen) atoms. The standard InChI is InChI=1S/C16H22F3N3O3S/c1-21(2)14-5-4-12(16(17,18)19)10-13(14)20-15(23)11-6-8-22(9-7-11)26(3,24)25/h4-5,10-11H,6-9H2,1-3H3,(H,20,23). The fourth-order valence-electron chi connectivity index (χ4n) is 2.89. The SMILES string of the molecule is CN(C)c1ccc(C(F)(F)F)cc1NC(=O)C1CCN(S(C)(=O)=O)CC1. The van der Waals surface area contributed by atoms with E-state index in [1.807, 2.05) is 0 Å². The van der Waals surface area contributed by atoms with E-state index in [2.05, 4.69) is 5.32 Å². The molecule has 1 aromatic carbocycles. The van der Waals surface area contributed by atoms with E-state index < -0.39 is 33.6 Å². The van der Waals surface area contributed by atoms with Crippen LogP contribution in [0.4, 0.5) is 24.5 Å². The van der Waals surface area contributed by atoms with Crippen LogP contribution >= 0.6 is 0 Å². The lowest BCUT2D eigenvalue weighted by Gasteiger charge is -2.30. The summed E-state index contributed by atoms with van der Waals surface area (Å²) in [5, 5.41) is 2.58. The van der Waals surface area contributed by atoms with Gasteiger partial charge in [0, 0.05) is 33.1 Å². The number of hydrogen-bond donors (Lipinski definition) is 1. The second-order valence-corrected chi connectivity index (χ2v) is 8.53. The third-order valence-electron chi connectivity index (χ3n) is 4.36. The Bertz CT molecular complexity index is 771. The van der Waals surface area contributed by atoms with Crippen molar-refractivity contribution in [3.63, 3.8) is 0 Å². The minimum absolute atomic E-state index is 0.0837. The van der Waals surface area contributed by atoms with Gasteiger partial charge in [-0.05, 0) is 31.0 Å². The molecule has 6 nitrogen and oxygen atoms in total. The zero-order chi connectivity index (χ0) is 19.7. The molecule has 1 heterocycles. The molecule has 0 bridgehead atoms. The summed E-state index contributed by atoms with van der Waals surface area (Å²) in [5.74, 6) is -0.849. The molecule has 1 aromatic rings. The number of alkyl halides is 3. The maximum absolute atomic E-state index is 13.0. The molecule has 0 atom stereocenters. The Kier molecular flexibility index (Phi) is 5.86. The van der Waals surface area contributed by atoms with Crippen LogP contribution in [-0.4, -0.2) is 52.1 Å². The highest BCUT2D eigenvalue weighted by molar-refractivity contribution is 7.88. The molecule has 0 saturated carbocycles. The minimum Gasteiger partial charge on any atom is -0.376 e. The number of sulfonamides is 1. The first-order valence-electron chi connectivity index (χ1n) is 8.04. The number of amides is 1. The molecule has 2 rings (SSSR count). The molecule has 1 saturated heterocycles. The van der Waals surface area contributed by atoms with Gasteiger partial charge < -0.3 is 10.2 Å². The van der Waals surface area contributed by atoms with Gasteiger partial charge in [0.05, 0.1) is 23.2 Å². The van der Waals surface area contributed by atoms with E-state index in [4.69, 9.17) is 0 Å². The minimum atomic E-state index is -4.51. The topological polar surface area (TPSA) is 69.7 Å². The normalized spacial score (nSPS) is 17.2. The van der Waals surface area contributed by atoms with Crippen molar-refractivity contribution in [3.05, 3.63) is 23.8 Å². The molecule has 0 spiro atoms. The number of carbonyl (C=O) groups is 1. The van der Waals surface area contributed by atoms with Gasteiger partial charge in [-0.15, -0.1) is 0 Å². The predicted octanol–water partition coefficient (Wildman–Crippen LogP) is 2.38. The summed E-state index contributed by atoms with van der Waals surface area (Å²) < 4.78 is 63.2. The second-order valence-electron chi connectivity index (χ2n) is 6.55. The van der Waals surface area contributed by atoms with E-state index >= 15 is 0 Å². The van der Waals surface area contributed by atoms with Crippen LogP contribution in [0.15, 0.2) is 18.2 Å². The molecule has 1 amide bonds. The van der Waals surface area contributed by atoms with Crippen molar-refractivity contribution in [1.82, 2.24) is 4.31 Å². The molecule has 0 unspecified atom stereocenters. The first-order valence-corrected chi connectivity index (χ1v) is 9.89. The average Bonchev–Trinajstić information content (AvgIpc) is 2.53. The zero-order valence-electron chi connectivity index (χ0n) is 14.8. The highest BCUT2D eigenvalue weighted by Gasteiger charge is 2.32. The van der Waals surface area contributed by atoms with Crippen molar-refractivity contribution in [3.8, 4) is 0 Å². The summed E-state index contributed by atoms with van der Waals surface area (Å²) in [6, 6.07) is 3.19. The summed E-state index contributed by atoms with van der Waals surface area (Å²) in [4.78, 5) is 14.1. The molecule has 1 aliphatic heterocycles. The summed E-state index contributed by atoms with van der Waals surface area (Å²) in [7, 11) is 0.0351. The molecule has 0 radical (unpaired) electrons. The van der Waals surface area contributed by atoms with Crippen LogP contribution in [-0.2, 0) is 21.0 Å². The van der Waals surface area contributed by atoms with Gasteiger partial charge in [-0.2, -0.15) is 13.2 Å². The third kappa shape index (κ3) is 4.88. The van der Waals surface area contributed by atoms with Crippen LogP contribution in [0.25, 0.3) is 0 Å². The maximum Gasteiger partial charge on any atom is 0.416 e. The largest absolute Gasteiger partial charge is 0.416 e. The van der Waals surface area contributed by atoms with Crippen molar-refractivity contribution >= 4 is 27.3 Å². The number of halogens is 3. The number of rotatable bonds is 4. The van der Waals surface area contributed by atoms with Crippen LogP contribution in [0.2, 0.25) is 0 Å². The summed E-state index contributed by atoms with van der Waals surface area (Å²) >= 11 is 0. The Hall–Kier alpha value is -1.81. The fraction of sp³-hybridized carbons (Fsp3) is 0.562. The summed E-state index contributed by atoms with van der Waals surface area (Å²) in [6.07, 6.45) is -2.74. The molecule has 10 heteroatoms. The Morgan fingerprint density at radius 3 is 2.27 bits per heavy atom. The molecule has 1 N–H and O–H groups in total. The lowest BCUT2D eigenvalue weighted by molar-refractivity contribution is -0.137. The van der Waals surface area contributed by atoms with Crippen molar-refractivity contribution in [2.24, 2.45) is 5.92 Å². The third-order valence-corrected chi connectivity index (χ3v) is 5.66. The fourth-order valence-corrected chi connectivity index (χ4v) is 3.76. The molecule has 1 fully saturated rings. The summed E-state index contributed by atoms with van der Waals surface area (Å²) in [6.45, 7) is 0.445. The second kappa shape index (κ2) is 7.43. The van der Waals surface area contributed by atoms with Crippen LogP contribution in [0.1, 0.15) is 18.4 Å². The van der Waals surface area contributed by atoms with E-state index in [1.54, 1.807) is 19.0 Å². The van der Waals surface area contributed by atoms with Crippen molar-refractivity contribution in [1.29, 1.82) is 0 Å². The number of carbonyl (C=O) groups excluding carboxylic acids is 1. The van der Waals surface area contributed by atoms with Gasteiger partial charge in [0.2, 0.25) is 15.9 Å². The van der Waals surface area contributed by atoms with Crippen LogP contribution in [0, 0.1) is 5.92 Å². The molecular formula is C16H22F3N3O3S. The van der Waals surface area contributed by atoms with Gasteiger partial charge in [0.25, 0.3) is 0 Å². The lowest BCUT2D eigenvalue weighted by Crippen LogP contribution is -2.41. The number of benzene rings is 1. The van der Waals surface area contributed by atoms with Crippen molar-refractivity contribution in [2.45, 2.75) is 19.0 Å². The first-order chi connectivity index (χ1) is 11.9. The van der Waals surface area contributed by atoms with E-state index in [1.165, 1.54) is 10.4 Å². The van der Waals surface area contributed by atoms with Crippen LogP contribution in [0.3, 0.4) is 0 Å². The zero-order valence-corrected chi connectivity index (χ0v) is 15.6. The number of anilines is 2. The van der Waals surface area contributed by atoms with Crippen molar-refractivity contribution < 1.29 is 26.4 Å². The van der Waals surface area contributed by atoms with Gasteiger partial charge in [0.15, 0.2) is 0 Å². The first kappa shape index (κ1) is 20.5. The Labute approximate surface area is 151 Å². The van der Waals surface area contributed by atoms with E-state index in [0.717, 1.165) is 18.4 Å². The lowest BCUT2D eigenvalue weighted by atomic mass is 9.97.